The molecule has 0 saturated heterocycles. The monoisotopic (exact) mass is 1090 g/mol. The highest BCUT2D eigenvalue weighted by Crippen LogP contribution is 2.54. The summed E-state index contributed by atoms with van der Waals surface area (Å²) in [6.45, 7) is 0. The van der Waals surface area contributed by atoms with E-state index in [1.54, 1.807) is 0 Å². The van der Waals surface area contributed by atoms with Crippen molar-refractivity contribution in [1.29, 1.82) is 0 Å². The summed E-state index contributed by atoms with van der Waals surface area (Å²) < 4.78 is 22.1. The summed E-state index contributed by atoms with van der Waals surface area (Å²) in [5.41, 5.74) is 19.6. The number of hydrogen-bond donors (Lipinski definition) is 0. The minimum absolute atomic E-state index is 0.769. The molecule has 0 atom stereocenters. The summed E-state index contributed by atoms with van der Waals surface area (Å²) in [4.78, 5) is 4.83. The van der Waals surface area contributed by atoms with Crippen molar-refractivity contribution in [2.75, 3.05) is 9.80 Å². The normalized spacial score (nSPS) is 12.6. The Hall–Kier alpha value is -11.1. The number of furan rings is 3. The van der Waals surface area contributed by atoms with Gasteiger partial charge in [-0.3, -0.25) is 0 Å². The molecule has 0 radical (unpaired) electrons. The highest BCUT2D eigenvalue weighted by atomic mass is 16.3. The van der Waals surface area contributed by atoms with Gasteiger partial charge in [-0.2, -0.15) is 0 Å². The van der Waals surface area contributed by atoms with Gasteiger partial charge in [0.05, 0.1) is 34.1 Å². The molecule has 0 aliphatic heterocycles. The molecule has 0 unspecified atom stereocenters. The van der Waals surface area contributed by atoms with Crippen LogP contribution in [0.25, 0.3) is 126 Å². The summed E-state index contributed by atoms with van der Waals surface area (Å²) >= 11 is 0. The molecule has 13 aromatic carbocycles. The lowest BCUT2D eigenvalue weighted by Crippen LogP contribution is -2.12. The molecular formula is C80H52N2O3. The van der Waals surface area contributed by atoms with Crippen LogP contribution in [0.15, 0.2) is 304 Å². The molecule has 5 heteroatoms. The second kappa shape index (κ2) is 19.8. The van der Waals surface area contributed by atoms with Gasteiger partial charge in [0.2, 0.25) is 0 Å². The summed E-state index contributed by atoms with van der Waals surface area (Å²) in [5, 5.41) is 10.4. The maximum Gasteiger partial charge on any atom is 0.159 e. The van der Waals surface area contributed by atoms with Gasteiger partial charge in [0.25, 0.3) is 0 Å². The average molecular weight is 1090 g/mol. The maximum atomic E-state index is 7.47. The van der Waals surface area contributed by atoms with E-state index in [9.17, 15) is 0 Å². The zero-order valence-corrected chi connectivity index (χ0v) is 46.2. The molecule has 400 valence electrons. The lowest BCUT2D eigenvalue weighted by Gasteiger charge is -2.29. The number of para-hydroxylation sites is 6. The highest BCUT2D eigenvalue weighted by molar-refractivity contribution is 6.29. The van der Waals surface area contributed by atoms with Gasteiger partial charge in [-0.25, -0.2) is 0 Å². The fraction of sp³-hybridized carbons (Fsp3) is 0.0250. The van der Waals surface area contributed by atoms with Gasteiger partial charge in [-0.15, -0.1) is 0 Å². The van der Waals surface area contributed by atoms with Crippen molar-refractivity contribution in [3.05, 3.63) is 297 Å². The van der Waals surface area contributed by atoms with E-state index in [1.807, 2.05) is 0 Å². The summed E-state index contributed by atoms with van der Waals surface area (Å²) in [7, 11) is 0. The number of allylic oxidation sites excluding steroid dienone is 4. The fourth-order valence-electron chi connectivity index (χ4n) is 13.5. The first kappa shape index (κ1) is 48.6. The van der Waals surface area contributed by atoms with Gasteiger partial charge in [0.1, 0.15) is 22.3 Å². The van der Waals surface area contributed by atoms with Crippen molar-refractivity contribution in [2.24, 2.45) is 0 Å². The third kappa shape index (κ3) is 7.78. The van der Waals surface area contributed by atoms with Crippen LogP contribution in [0, 0.1) is 0 Å². The third-order valence-corrected chi connectivity index (χ3v) is 17.3. The maximum absolute atomic E-state index is 7.47. The van der Waals surface area contributed by atoms with Crippen molar-refractivity contribution in [3.63, 3.8) is 0 Å². The number of fused-ring (bicyclic) bond motifs is 13. The van der Waals surface area contributed by atoms with Crippen LogP contribution < -0.4 is 9.80 Å². The predicted octanol–water partition coefficient (Wildman–Crippen LogP) is 23.4. The Morgan fingerprint density at radius 3 is 1.22 bits per heavy atom. The zero-order chi connectivity index (χ0) is 56.0. The molecule has 5 nitrogen and oxygen atoms in total. The van der Waals surface area contributed by atoms with Crippen LogP contribution >= 0.6 is 0 Å². The molecule has 0 amide bonds. The van der Waals surface area contributed by atoms with E-state index in [-0.39, 0.29) is 0 Å². The Labute approximate surface area is 490 Å². The van der Waals surface area contributed by atoms with Gasteiger partial charge >= 0.3 is 0 Å². The van der Waals surface area contributed by atoms with E-state index in [4.69, 9.17) is 13.3 Å². The molecular weight excluding hydrogens is 1040 g/mol. The SMILES string of the molecule is C1=CC(c2cccc3c2oc2c(N(c4ccccc4-c4ccccc4)c4cc5c(oc6cc(N(c7ccccc7-c7ccccc7)c7cccc8c7oc7c(-c9ccccc9)cccc78)c7ccccc7c65)c5ccccc45)cccc23)=CCC1. The average Bonchev–Trinajstić information content (AvgIpc) is 1.82. The van der Waals surface area contributed by atoms with Crippen LogP contribution in [0.2, 0.25) is 0 Å². The lowest BCUT2D eigenvalue weighted by molar-refractivity contribution is 0.668. The topological polar surface area (TPSA) is 45.9 Å². The molecule has 1 aliphatic rings. The van der Waals surface area contributed by atoms with Crippen molar-refractivity contribution in [1.82, 2.24) is 0 Å². The van der Waals surface area contributed by atoms with E-state index in [0.29, 0.717) is 0 Å². The van der Waals surface area contributed by atoms with Crippen molar-refractivity contribution >= 4 is 127 Å². The van der Waals surface area contributed by atoms with Crippen molar-refractivity contribution in [3.8, 4) is 33.4 Å². The standard InChI is InChI=1S/C80H52N2O3/c1-5-25-51(26-6-1)55-33-17-19-45-68(55)81(70-47-23-43-65-63-41-21-39-57(76(63)84-79(65)70)53-29-9-3-10-30-53)72-49-67-75-61-37-15-13-35-59(61)73(50-74(75)83-78(67)62-38-16-14-36-60(62)72)82(69-46-20-18-34-56(69)52-27-7-2-8-28-52)71-48-24-44-66-64-42-22-40-58(77(64)85-80(66)71)54-31-11-4-12-32-54/h1-2,4-9,11-50H,3,10H2. The highest BCUT2D eigenvalue weighted by Gasteiger charge is 2.30. The number of rotatable bonds is 10. The summed E-state index contributed by atoms with van der Waals surface area (Å²) in [6, 6.07) is 97.7. The Kier molecular flexibility index (Phi) is 11.3. The largest absolute Gasteiger partial charge is 0.455 e. The van der Waals surface area contributed by atoms with Crippen LogP contribution in [0.4, 0.5) is 34.1 Å². The van der Waals surface area contributed by atoms with Crippen LogP contribution in [0.3, 0.4) is 0 Å². The molecule has 85 heavy (non-hydrogen) atoms. The first-order valence-corrected chi connectivity index (χ1v) is 29.2. The molecule has 0 bridgehead atoms. The van der Waals surface area contributed by atoms with E-state index >= 15 is 0 Å². The fourth-order valence-corrected chi connectivity index (χ4v) is 13.5. The molecule has 0 saturated carbocycles. The number of benzene rings is 13. The van der Waals surface area contributed by atoms with Crippen LogP contribution in [0.1, 0.15) is 18.4 Å². The molecule has 0 N–H and O–H groups in total. The first-order chi connectivity index (χ1) is 42.2. The Bertz CT molecular complexity index is 5380. The van der Waals surface area contributed by atoms with E-state index in [2.05, 4.69) is 301 Å². The predicted molar refractivity (Wildman–Crippen MR) is 355 cm³/mol. The minimum atomic E-state index is 0.769. The van der Waals surface area contributed by atoms with Gasteiger partial charge in [0, 0.05) is 76.8 Å². The van der Waals surface area contributed by atoms with E-state index < -0.39 is 0 Å². The molecule has 16 aromatic rings. The Balaban J connectivity index is 0.949. The zero-order valence-electron chi connectivity index (χ0n) is 46.2. The minimum Gasteiger partial charge on any atom is -0.455 e. The lowest BCUT2D eigenvalue weighted by atomic mass is 9.96. The van der Waals surface area contributed by atoms with Gasteiger partial charge in [-0.05, 0) is 70.8 Å². The van der Waals surface area contributed by atoms with Crippen molar-refractivity contribution < 1.29 is 13.3 Å². The first-order valence-electron chi connectivity index (χ1n) is 29.2. The second-order valence-corrected chi connectivity index (χ2v) is 22.1. The van der Waals surface area contributed by atoms with Crippen LogP contribution in [-0.2, 0) is 0 Å². The Morgan fingerprint density at radius 2 is 0.659 bits per heavy atom. The van der Waals surface area contributed by atoms with Crippen molar-refractivity contribution in [2.45, 2.75) is 12.8 Å². The van der Waals surface area contributed by atoms with Gasteiger partial charge < -0.3 is 23.1 Å². The van der Waals surface area contributed by atoms with E-state index in [0.717, 1.165) is 173 Å². The smallest absolute Gasteiger partial charge is 0.159 e. The Morgan fingerprint density at radius 1 is 0.259 bits per heavy atom. The molecule has 1 aliphatic carbocycles. The molecule has 17 rings (SSSR count). The summed E-state index contributed by atoms with van der Waals surface area (Å²) in [5.74, 6) is 0. The van der Waals surface area contributed by atoms with Crippen LogP contribution in [0.5, 0.6) is 0 Å². The number of hydrogen-bond acceptors (Lipinski definition) is 5. The van der Waals surface area contributed by atoms with Gasteiger partial charge in [-0.1, -0.05) is 255 Å². The van der Waals surface area contributed by atoms with E-state index in [1.165, 1.54) is 5.57 Å². The molecule has 0 spiro atoms. The molecule has 3 heterocycles. The number of anilines is 6. The molecule has 0 fully saturated rings. The second-order valence-electron chi connectivity index (χ2n) is 22.1. The van der Waals surface area contributed by atoms with Gasteiger partial charge in [0.15, 0.2) is 11.2 Å². The third-order valence-electron chi connectivity index (χ3n) is 17.3. The molecule has 3 aromatic heterocycles. The quantitative estimate of drug-likeness (QED) is 0.137. The summed E-state index contributed by atoms with van der Waals surface area (Å²) in [6.07, 6.45) is 8.88. The number of nitrogens with zero attached hydrogens (tertiary/aromatic N) is 2. The van der Waals surface area contributed by atoms with Crippen LogP contribution in [-0.4, -0.2) is 0 Å².